The van der Waals surface area contributed by atoms with Gasteiger partial charge in [-0.2, -0.15) is 0 Å². The summed E-state index contributed by atoms with van der Waals surface area (Å²) >= 11 is 0. The minimum atomic E-state index is -0.618. The molecule has 3 nitrogen and oxygen atoms in total. The molecule has 1 rings (SSSR count). The lowest BCUT2D eigenvalue weighted by molar-refractivity contribution is 0.0803. The molecule has 3 N–H and O–H groups in total. The Hall–Kier alpha value is -0.120. The van der Waals surface area contributed by atoms with Crippen LogP contribution < -0.4 is 5.32 Å². The van der Waals surface area contributed by atoms with Crippen molar-refractivity contribution in [3.05, 3.63) is 0 Å². The molecule has 0 radical (unpaired) electrons. The van der Waals surface area contributed by atoms with Gasteiger partial charge in [-0.05, 0) is 30.6 Å². The fraction of sp³-hybridized carbons (Fsp3) is 1.00. The Morgan fingerprint density at radius 1 is 1.47 bits per heavy atom. The van der Waals surface area contributed by atoms with Crippen molar-refractivity contribution in [1.82, 2.24) is 5.32 Å². The van der Waals surface area contributed by atoms with Crippen molar-refractivity contribution in [2.24, 2.45) is 11.3 Å². The minimum absolute atomic E-state index is 0.153. The molecule has 0 aliphatic heterocycles. The first-order chi connectivity index (χ1) is 6.94. The van der Waals surface area contributed by atoms with Gasteiger partial charge in [-0.1, -0.05) is 20.8 Å². The van der Waals surface area contributed by atoms with Crippen molar-refractivity contribution < 1.29 is 10.2 Å². The molecule has 0 bridgehead atoms. The monoisotopic (exact) mass is 215 g/mol. The molecule has 0 aromatic carbocycles. The molecule has 0 aromatic heterocycles. The van der Waals surface area contributed by atoms with E-state index in [4.69, 9.17) is 5.11 Å². The lowest BCUT2D eigenvalue weighted by atomic mass is 9.70. The van der Waals surface area contributed by atoms with Crippen LogP contribution in [0.2, 0.25) is 0 Å². The summed E-state index contributed by atoms with van der Waals surface area (Å²) in [7, 11) is 0. The number of hydrogen-bond acceptors (Lipinski definition) is 3. The third-order valence-electron chi connectivity index (χ3n) is 3.52. The second-order valence-corrected chi connectivity index (χ2v) is 5.74. The summed E-state index contributed by atoms with van der Waals surface area (Å²) in [5.41, 5.74) is 0.465. The zero-order chi connectivity index (χ0) is 11.5. The normalized spacial score (nSPS) is 32.6. The molecule has 15 heavy (non-hydrogen) atoms. The van der Waals surface area contributed by atoms with E-state index in [0.717, 1.165) is 0 Å². The quantitative estimate of drug-likeness (QED) is 0.659. The number of rotatable bonds is 4. The van der Waals surface area contributed by atoms with Gasteiger partial charge in [0.15, 0.2) is 0 Å². The van der Waals surface area contributed by atoms with Gasteiger partial charge in [0.05, 0.1) is 12.7 Å². The minimum Gasteiger partial charge on any atom is -0.394 e. The first-order valence-electron chi connectivity index (χ1n) is 5.97. The molecule has 0 saturated heterocycles. The lowest BCUT2D eigenvalue weighted by Gasteiger charge is -2.39. The van der Waals surface area contributed by atoms with Crippen LogP contribution >= 0.6 is 0 Å². The largest absolute Gasteiger partial charge is 0.394 e. The van der Waals surface area contributed by atoms with E-state index in [9.17, 15) is 5.11 Å². The molecule has 0 spiro atoms. The summed E-state index contributed by atoms with van der Waals surface area (Å²) < 4.78 is 0. The smallest absolute Gasteiger partial charge is 0.0895 e. The van der Waals surface area contributed by atoms with Crippen molar-refractivity contribution in [2.75, 3.05) is 13.2 Å². The number of aliphatic hydroxyl groups excluding tert-OH is 2. The average Bonchev–Trinajstić information content (AvgIpc) is 2.15. The molecule has 1 aliphatic carbocycles. The summed E-state index contributed by atoms with van der Waals surface area (Å²) in [6.07, 6.45) is 3.03. The van der Waals surface area contributed by atoms with Gasteiger partial charge in [0, 0.05) is 12.6 Å². The summed E-state index contributed by atoms with van der Waals surface area (Å²) in [5, 5.41) is 21.3. The van der Waals surface area contributed by atoms with Crippen LogP contribution in [0.3, 0.4) is 0 Å². The summed E-state index contributed by atoms with van der Waals surface area (Å²) in [6.45, 7) is 7.26. The van der Waals surface area contributed by atoms with Crippen molar-refractivity contribution >= 4 is 0 Å². The summed E-state index contributed by atoms with van der Waals surface area (Å²) in [5.74, 6) is 0.652. The van der Waals surface area contributed by atoms with Gasteiger partial charge < -0.3 is 15.5 Å². The Kier molecular flexibility index (Phi) is 4.56. The number of hydrogen-bond donors (Lipinski definition) is 3. The van der Waals surface area contributed by atoms with Crippen LogP contribution in [0.25, 0.3) is 0 Å². The van der Waals surface area contributed by atoms with Crippen molar-refractivity contribution in [3.8, 4) is 0 Å². The molecular weight excluding hydrogens is 190 g/mol. The molecule has 1 fully saturated rings. The summed E-state index contributed by atoms with van der Waals surface area (Å²) in [6, 6.07) is 0.499. The van der Waals surface area contributed by atoms with Crippen LogP contribution in [-0.4, -0.2) is 35.5 Å². The van der Waals surface area contributed by atoms with Crippen LogP contribution in [0.5, 0.6) is 0 Å². The van der Waals surface area contributed by atoms with Gasteiger partial charge in [-0.25, -0.2) is 0 Å². The molecule has 1 aliphatic rings. The van der Waals surface area contributed by atoms with Gasteiger partial charge >= 0.3 is 0 Å². The Morgan fingerprint density at radius 2 is 2.13 bits per heavy atom. The molecule has 0 amide bonds. The molecule has 3 heteroatoms. The predicted molar refractivity (Wildman–Crippen MR) is 61.7 cm³/mol. The van der Waals surface area contributed by atoms with Crippen molar-refractivity contribution in [1.29, 1.82) is 0 Å². The van der Waals surface area contributed by atoms with Crippen LogP contribution in [0.4, 0.5) is 0 Å². The van der Waals surface area contributed by atoms with E-state index in [2.05, 4.69) is 26.1 Å². The number of nitrogens with one attached hydrogen (secondary N) is 1. The second-order valence-electron chi connectivity index (χ2n) is 5.74. The lowest BCUT2D eigenvalue weighted by Crippen LogP contribution is -2.44. The van der Waals surface area contributed by atoms with E-state index in [1.165, 1.54) is 19.3 Å². The third-order valence-corrected chi connectivity index (χ3v) is 3.52. The fourth-order valence-electron chi connectivity index (χ4n) is 2.60. The van der Waals surface area contributed by atoms with Gasteiger partial charge in [0.2, 0.25) is 0 Å². The number of aliphatic hydroxyl groups is 2. The zero-order valence-electron chi connectivity index (χ0n) is 10.2. The van der Waals surface area contributed by atoms with Gasteiger partial charge in [0.1, 0.15) is 0 Å². The van der Waals surface area contributed by atoms with Crippen LogP contribution in [0.1, 0.15) is 40.0 Å². The van der Waals surface area contributed by atoms with E-state index >= 15 is 0 Å². The maximum Gasteiger partial charge on any atom is 0.0895 e. The van der Waals surface area contributed by atoms with Crippen LogP contribution in [-0.2, 0) is 0 Å². The van der Waals surface area contributed by atoms with E-state index in [1.54, 1.807) is 0 Å². The SMILES string of the molecule is CC1CC(C)(C)CCC1NCC(O)CO. The van der Waals surface area contributed by atoms with Gasteiger partial charge in [-0.15, -0.1) is 0 Å². The molecule has 90 valence electrons. The van der Waals surface area contributed by atoms with E-state index in [1.807, 2.05) is 0 Å². The molecule has 0 heterocycles. The van der Waals surface area contributed by atoms with Crippen molar-refractivity contribution in [3.63, 3.8) is 0 Å². The molecule has 1 saturated carbocycles. The predicted octanol–water partition coefficient (Wildman–Crippen LogP) is 1.14. The highest BCUT2D eigenvalue weighted by molar-refractivity contribution is 4.87. The van der Waals surface area contributed by atoms with Crippen LogP contribution in [0, 0.1) is 11.3 Å². The van der Waals surface area contributed by atoms with Crippen molar-refractivity contribution in [2.45, 2.75) is 52.2 Å². The Labute approximate surface area is 92.9 Å². The molecule has 0 aromatic rings. The van der Waals surface area contributed by atoms with E-state index in [0.29, 0.717) is 23.9 Å². The highest BCUT2D eigenvalue weighted by Crippen LogP contribution is 2.38. The fourth-order valence-corrected chi connectivity index (χ4v) is 2.60. The standard InChI is InChI=1S/C12H25NO2/c1-9-6-12(2,3)5-4-11(9)13-7-10(15)8-14/h9-11,13-15H,4-8H2,1-3H3. The Morgan fingerprint density at radius 3 is 2.67 bits per heavy atom. The van der Waals surface area contributed by atoms with Crippen LogP contribution in [0.15, 0.2) is 0 Å². The first-order valence-corrected chi connectivity index (χ1v) is 5.97. The highest BCUT2D eigenvalue weighted by atomic mass is 16.3. The topological polar surface area (TPSA) is 52.5 Å². The maximum atomic E-state index is 9.27. The third kappa shape index (κ3) is 4.09. The average molecular weight is 215 g/mol. The molecule has 3 atom stereocenters. The zero-order valence-corrected chi connectivity index (χ0v) is 10.2. The second kappa shape index (κ2) is 5.28. The first kappa shape index (κ1) is 12.9. The van der Waals surface area contributed by atoms with E-state index < -0.39 is 6.10 Å². The van der Waals surface area contributed by atoms with E-state index in [-0.39, 0.29) is 6.61 Å². The highest BCUT2D eigenvalue weighted by Gasteiger charge is 2.31. The molecule has 3 unspecified atom stereocenters. The Bertz CT molecular complexity index is 194. The van der Waals surface area contributed by atoms with Gasteiger partial charge in [0.25, 0.3) is 0 Å². The Balaban J connectivity index is 2.32. The van der Waals surface area contributed by atoms with Gasteiger partial charge in [-0.3, -0.25) is 0 Å². The summed E-state index contributed by atoms with van der Waals surface area (Å²) in [4.78, 5) is 0. The molecular formula is C12H25NO2. The maximum absolute atomic E-state index is 9.27.